The van der Waals surface area contributed by atoms with Crippen LogP contribution in [0.5, 0.6) is 0 Å². The molecule has 0 saturated carbocycles. The van der Waals surface area contributed by atoms with Crippen LogP contribution < -0.4 is 4.90 Å². The fourth-order valence-corrected chi connectivity index (χ4v) is 4.93. The molecule has 3 heterocycles. The first-order valence-corrected chi connectivity index (χ1v) is 11.9. The van der Waals surface area contributed by atoms with Crippen LogP contribution in [0, 0.1) is 0 Å². The molecule has 7 nitrogen and oxygen atoms in total. The lowest BCUT2D eigenvalue weighted by atomic mass is 10.1. The number of aromatic nitrogens is 4. The van der Waals surface area contributed by atoms with Crippen molar-refractivity contribution in [2.24, 2.45) is 0 Å². The zero-order chi connectivity index (χ0) is 22.6. The van der Waals surface area contributed by atoms with Crippen molar-refractivity contribution in [2.75, 3.05) is 36.8 Å². The van der Waals surface area contributed by atoms with Crippen molar-refractivity contribution in [1.82, 2.24) is 25.1 Å². The van der Waals surface area contributed by atoms with Crippen LogP contribution in [0.15, 0.2) is 46.9 Å². The molecular weight excluding hydrogens is 461 g/mol. The Morgan fingerprint density at radius 3 is 2.66 bits per heavy atom. The van der Waals surface area contributed by atoms with Gasteiger partial charge in [0.05, 0.1) is 17.9 Å². The number of tetrazole rings is 1. The van der Waals surface area contributed by atoms with Gasteiger partial charge in [-0.25, -0.2) is 4.68 Å². The smallest absolute Gasteiger partial charge is 0.368 e. The number of anilines is 1. The molecule has 12 heteroatoms. The number of carbonyl (C=O) groups is 1. The lowest BCUT2D eigenvalue weighted by Gasteiger charge is -2.36. The highest BCUT2D eigenvalue weighted by atomic mass is 32.2. The van der Waals surface area contributed by atoms with Gasteiger partial charge in [0, 0.05) is 43.2 Å². The number of thioether (sulfide) groups is 1. The molecular formula is C20H21F3N6OS2. The molecule has 1 aromatic carbocycles. The summed E-state index contributed by atoms with van der Waals surface area (Å²) in [6.07, 6.45) is -3.55. The molecule has 0 spiro atoms. The molecule has 1 saturated heterocycles. The molecule has 0 radical (unpaired) electrons. The van der Waals surface area contributed by atoms with Crippen molar-refractivity contribution in [2.45, 2.75) is 24.3 Å². The minimum absolute atomic E-state index is 0.0356. The number of amides is 1. The number of thiophene rings is 1. The number of alkyl halides is 3. The Bertz CT molecular complexity index is 1030. The summed E-state index contributed by atoms with van der Waals surface area (Å²) in [7, 11) is 0. The van der Waals surface area contributed by atoms with Crippen LogP contribution in [0.1, 0.15) is 10.4 Å². The van der Waals surface area contributed by atoms with Gasteiger partial charge in [0.1, 0.15) is 0 Å². The second-order valence-corrected chi connectivity index (χ2v) is 9.19. The van der Waals surface area contributed by atoms with Crippen LogP contribution in [-0.2, 0) is 23.9 Å². The highest BCUT2D eigenvalue weighted by Gasteiger charge is 2.31. The van der Waals surface area contributed by atoms with E-state index in [1.54, 1.807) is 27.0 Å². The third-order valence-electron chi connectivity index (χ3n) is 5.14. The molecule has 3 aromatic rings. The maximum atomic E-state index is 13.0. The largest absolute Gasteiger partial charge is 0.416 e. The Kier molecular flexibility index (Phi) is 6.99. The SMILES string of the molecule is O=C(CSc1nnnn1CCc1cccs1)N1CCN(c2cccc(C(F)(F)F)c2)CC1. The lowest BCUT2D eigenvalue weighted by Crippen LogP contribution is -2.49. The minimum Gasteiger partial charge on any atom is -0.368 e. The molecule has 1 aliphatic rings. The van der Waals surface area contributed by atoms with Gasteiger partial charge in [-0.2, -0.15) is 13.2 Å². The molecule has 170 valence electrons. The first kappa shape index (κ1) is 22.6. The summed E-state index contributed by atoms with van der Waals surface area (Å²) in [5, 5.41) is 14.3. The fraction of sp³-hybridized carbons (Fsp3) is 0.400. The standard InChI is InChI=1S/C20H21F3N6OS2/c21-20(22,23)15-3-1-4-16(13-15)27-8-10-28(11-9-27)18(30)14-32-19-24-25-26-29(19)7-6-17-5-2-12-31-17/h1-5,12-13H,6-11,14H2. The summed E-state index contributed by atoms with van der Waals surface area (Å²) < 4.78 is 40.6. The van der Waals surface area contributed by atoms with Gasteiger partial charge in [-0.3, -0.25) is 4.79 Å². The average Bonchev–Trinajstić information content (AvgIpc) is 3.47. The van der Waals surface area contributed by atoms with Gasteiger partial charge in [0.25, 0.3) is 0 Å². The maximum Gasteiger partial charge on any atom is 0.416 e. The van der Waals surface area contributed by atoms with Crippen molar-refractivity contribution in [3.8, 4) is 0 Å². The van der Waals surface area contributed by atoms with Crippen molar-refractivity contribution in [3.63, 3.8) is 0 Å². The van der Waals surface area contributed by atoms with E-state index in [0.717, 1.165) is 18.6 Å². The molecule has 2 aromatic heterocycles. The molecule has 0 N–H and O–H groups in total. The second-order valence-electron chi connectivity index (χ2n) is 7.22. The van der Waals surface area contributed by atoms with E-state index in [9.17, 15) is 18.0 Å². The van der Waals surface area contributed by atoms with E-state index in [0.29, 0.717) is 43.6 Å². The summed E-state index contributed by atoms with van der Waals surface area (Å²) >= 11 is 2.97. The fourth-order valence-electron chi connectivity index (χ4n) is 3.42. The Morgan fingerprint density at radius 1 is 1.12 bits per heavy atom. The topological polar surface area (TPSA) is 67.2 Å². The van der Waals surface area contributed by atoms with Crippen LogP contribution in [0.25, 0.3) is 0 Å². The molecule has 0 aliphatic carbocycles. The predicted octanol–water partition coefficient (Wildman–Crippen LogP) is 3.44. The van der Waals surface area contributed by atoms with Gasteiger partial charge < -0.3 is 9.80 Å². The van der Waals surface area contributed by atoms with E-state index in [1.165, 1.54) is 22.7 Å². The maximum absolute atomic E-state index is 13.0. The number of carbonyl (C=O) groups excluding carboxylic acids is 1. The van der Waals surface area contributed by atoms with Gasteiger partial charge in [0.2, 0.25) is 11.1 Å². The number of hydrogen-bond donors (Lipinski definition) is 0. The molecule has 1 aliphatic heterocycles. The number of benzene rings is 1. The third kappa shape index (κ3) is 5.60. The van der Waals surface area contributed by atoms with Crippen molar-refractivity contribution in [3.05, 3.63) is 52.2 Å². The molecule has 1 amide bonds. The quantitative estimate of drug-likeness (QED) is 0.481. The van der Waals surface area contributed by atoms with Crippen LogP contribution in [0.3, 0.4) is 0 Å². The van der Waals surface area contributed by atoms with E-state index in [-0.39, 0.29) is 11.7 Å². The normalized spacial score (nSPS) is 14.7. The Morgan fingerprint density at radius 2 is 1.94 bits per heavy atom. The van der Waals surface area contributed by atoms with Gasteiger partial charge >= 0.3 is 6.18 Å². The lowest BCUT2D eigenvalue weighted by molar-refractivity contribution is -0.137. The summed E-state index contributed by atoms with van der Waals surface area (Å²) in [4.78, 5) is 17.5. The molecule has 0 atom stereocenters. The van der Waals surface area contributed by atoms with Gasteiger partial charge in [-0.05, 0) is 40.1 Å². The summed E-state index contributed by atoms with van der Waals surface area (Å²) in [5.74, 6) is 0.176. The van der Waals surface area contributed by atoms with Crippen molar-refractivity contribution in [1.29, 1.82) is 0 Å². The first-order valence-electron chi connectivity index (χ1n) is 10.0. The average molecular weight is 483 g/mol. The molecule has 0 bridgehead atoms. The zero-order valence-electron chi connectivity index (χ0n) is 17.0. The van der Waals surface area contributed by atoms with Crippen molar-refractivity contribution < 1.29 is 18.0 Å². The minimum atomic E-state index is -4.37. The summed E-state index contributed by atoms with van der Waals surface area (Å²) in [6, 6.07) is 9.36. The first-order chi connectivity index (χ1) is 15.4. The zero-order valence-corrected chi connectivity index (χ0v) is 18.7. The van der Waals surface area contributed by atoms with Gasteiger partial charge in [-0.1, -0.05) is 23.9 Å². The Hall–Kier alpha value is -2.60. The van der Waals surface area contributed by atoms with Crippen molar-refractivity contribution >= 4 is 34.7 Å². The van der Waals surface area contributed by atoms with Crippen LogP contribution in [0.2, 0.25) is 0 Å². The number of aryl methyl sites for hydroxylation is 2. The van der Waals surface area contributed by atoms with E-state index < -0.39 is 11.7 Å². The summed E-state index contributed by atoms with van der Waals surface area (Å²) in [6.45, 7) is 2.52. The van der Waals surface area contributed by atoms with E-state index in [1.807, 2.05) is 16.3 Å². The number of nitrogens with zero attached hydrogens (tertiary/aromatic N) is 6. The van der Waals surface area contributed by atoms with Crippen LogP contribution >= 0.6 is 23.1 Å². The van der Waals surface area contributed by atoms with Gasteiger partial charge in [0.15, 0.2) is 0 Å². The highest BCUT2D eigenvalue weighted by Crippen LogP contribution is 2.32. The molecule has 4 rings (SSSR count). The highest BCUT2D eigenvalue weighted by molar-refractivity contribution is 7.99. The van der Waals surface area contributed by atoms with Gasteiger partial charge in [-0.15, -0.1) is 16.4 Å². The number of halogens is 3. The van der Waals surface area contributed by atoms with E-state index in [2.05, 4.69) is 21.6 Å². The van der Waals surface area contributed by atoms with E-state index in [4.69, 9.17) is 0 Å². The van der Waals surface area contributed by atoms with E-state index >= 15 is 0 Å². The Balaban J connectivity index is 1.26. The predicted molar refractivity (Wildman–Crippen MR) is 117 cm³/mol. The summed E-state index contributed by atoms with van der Waals surface area (Å²) in [5.41, 5.74) is -0.145. The second kappa shape index (κ2) is 9.90. The number of piperazine rings is 1. The Labute approximate surface area is 191 Å². The molecule has 1 fully saturated rings. The number of rotatable bonds is 7. The monoisotopic (exact) mass is 482 g/mol. The molecule has 0 unspecified atom stereocenters. The molecule has 32 heavy (non-hydrogen) atoms. The van der Waals surface area contributed by atoms with Crippen LogP contribution in [0.4, 0.5) is 18.9 Å². The van der Waals surface area contributed by atoms with Crippen LogP contribution in [-0.4, -0.2) is 62.9 Å². The number of hydrogen-bond acceptors (Lipinski definition) is 7. The third-order valence-corrected chi connectivity index (χ3v) is 7.02.